The molecule has 2 N–H and O–H groups in total. The van der Waals surface area contributed by atoms with E-state index in [1.54, 1.807) is 0 Å². The minimum Gasteiger partial charge on any atom is -0.493 e. The molecule has 1 aromatic carbocycles. The highest BCUT2D eigenvalue weighted by atomic mass is 127. The van der Waals surface area contributed by atoms with Crippen LogP contribution in [0.3, 0.4) is 0 Å². The zero-order chi connectivity index (χ0) is 18.7. The first kappa shape index (κ1) is 23.3. The van der Waals surface area contributed by atoms with Crippen LogP contribution in [0.5, 0.6) is 5.75 Å². The number of nitrogens with zero attached hydrogens (tertiary/aromatic N) is 2. The van der Waals surface area contributed by atoms with Gasteiger partial charge in [0, 0.05) is 26.6 Å². The number of aliphatic imine (C=N–C) groups is 1. The van der Waals surface area contributed by atoms with E-state index in [1.807, 2.05) is 7.05 Å². The lowest BCUT2D eigenvalue weighted by atomic mass is 10.1. The quantitative estimate of drug-likeness (QED) is 0.236. The lowest BCUT2D eigenvalue weighted by Gasteiger charge is -2.26. The molecule has 1 fully saturated rings. The van der Waals surface area contributed by atoms with E-state index in [-0.39, 0.29) is 24.0 Å². The number of guanidine groups is 1. The SMILES string of the molecule is CN=C(NCCCCCN1CCCCC1)NCCc1ccc2c(c1)CCO2.I. The highest BCUT2D eigenvalue weighted by Gasteiger charge is 2.12. The van der Waals surface area contributed by atoms with Crippen LogP contribution in [0.4, 0.5) is 0 Å². The molecule has 0 radical (unpaired) electrons. The number of fused-ring (bicyclic) bond motifs is 1. The molecule has 2 aliphatic heterocycles. The summed E-state index contributed by atoms with van der Waals surface area (Å²) in [4.78, 5) is 6.96. The largest absolute Gasteiger partial charge is 0.493 e. The molecule has 2 aliphatic rings. The molecule has 0 unspecified atom stereocenters. The lowest BCUT2D eigenvalue weighted by Crippen LogP contribution is -2.38. The molecular formula is C22H37IN4O. The van der Waals surface area contributed by atoms with Crippen molar-refractivity contribution in [1.29, 1.82) is 0 Å². The summed E-state index contributed by atoms with van der Waals surface area (Å²) in [7, 11) is 1.85. The minimum absolute atomic E-state index is 0. The van der Waals surface area contributed by atoms with Crippen LogP contribution in [-0.2, 0) is 12.8 Å². The van der Waals surface area contributed by atoms with Gasteiger partial charge in [0.1, 0.15) is 5.75 Å². The van der Waals surface area contributed by atoms with Crippen LogP contribution >= 0.6 is 24.0 Å². The van der Waals surface area contributed by atoms with Crippen molar-refractivity contribution < 1.29 is 4.74 Å². The van der Waals surface area contributed by atoms with Gasteiger partial charge < -0.3 is 20.3 Å². The Morgan fingerprint density at radius 3 is 2.71 bits per heavy atom. The zero-order valence-electron chi connectivity index (χ0n) is 17.3. The molecule has 158 valence electrons. The van der Waals surface area contributed by atoms with Crippen LogP contribution in [0.15, 0.2) is 23.2 Å². The van der Waals surface area contributed by atoms with Gasteiger partial charge in [0.25, 0.3) is 0 Å². The maximum atomic E-state index is 5.57. The number of nitrogens with one attached hydrogen (secondary N) is 2. The number of unbranched alkanes of at least 4 members (excludes halogenated alkanes) is 2. The molecule has 0 bridgehead atoms. The second-order valence-corrected chi connectivity index (χ2v) is 7.68. The molecule has 0 atom stereocenters. The molecule has 5 nitrogen and oxygen atoms in total. The highest BCUT2D eigenvalue weighted by Crippen LogP contribution is 2.25. The molecular weight excluding hydrogens is 463 g/mol. The fraction of sp³-hybridized carbons (Fsp3) is 0.682. The van der Waals surface area contributed by atoms with E-state index in [2.05, 4.69) is 38.7 Å². The van der Waals surface area contributed by atoms with E-state index < -0.39 is 0 Å². The summed E-state index contributed by atoms with van der Waals surface area (Å²) < 4.78 is 5.57. The van der Waals surface area contributed by atoms with Crippen LogP contribution < -0.4 is 15.4 Å². The van der Waals surface area contributed by atoms with Gasteiger partial charge in [-0.2, -0.15) is 0 Å². The minimum atomic E-state index is 0. The molecule has 28 heavy (non-hydrogen) atoms. The third-order valence-corrected chi connectivity index (χ3v) is 5.58. The van der Waals surface area contributed by atoms with Gasteiger partial charge in [0.15, 0.2) is 5.96 Å². The van der Waals surface area contributed by atoms with Gasteiger partial charge in [0.05, 0.1) is 6.61 Å². The molecule has 0 aliphatic carbocycles. The van der Waals surface area contributed by atoms with Crippen molar-refractivity contribution in [2.45, 2.75) is 51.4 Å². The maximum Gasteiger partial charge on any atom is 0.190 e. The molecule has 3 rings (SSSR count). The van der Waals surface area contributed by atoms with Gasteiger partial charge in [-0.3, -0.25) is 4.99 Å². The standard InChI is InChI=1S/C22H36N4O.HI/c1-23-22(24-12-4-2-5-14-26-15-6-3-7-16-26)25-13-10-19-8-9-21-20(18-19)11-17-27-21;/h8-9,18H,2-7,10-17H2,1H3,(H2,23,24,25);1H. The van der Waals surface area contributed by atoms with Crippen LogP contribution in [0.1, 0.15) is 49.7 Å². The molecule has 0 saturated carbocycles. The number of ether oxygens (including phenoxy) is 1. The Hall–Kier alpha value is -1.02. The Labute approximate surface area is 187 Å². The number of rotatable bonds is 9. The van der Waals surface area contributed by atoms with Gasteiger partial charge in [0.2, 0.25) is 0 Å². The highest BCUT2D eigenvalue weighted by molar-refractivity contribution is 14.0. The predicted molar refractivity (Wildman–Crippen MR) is 128 cm³/mol. The number of hydrogen-bond donors (Lipinski definition) is 2. The summed E-state index contributed by atoms with van der Waals surface area (Å²) in [6.07, 6.45) is 10.1. The summed E-state index contributed by atoms with van der Waals surface area (Å²) in [5.41, 5.74) is 2.71. The monoisotopic (exact) mass is 500 g/mol. The van der Waals surface area contributed by atoms with Gasteiger partial charge in [-0.1, -0.05) is 25.0 Å². The van der Waals surface area contributed by atoms with Gasteiger partial charge in [-0.15, -0.1) is 24.0 Å². The average molecular weight is 500 g/mol. The molecule has 0 aromatic heterocycles. The van der Waals surface area contributed by atoms with Crippen molar-refractivity contribution in [3.8, 4) is 5.75 Å². The predicted octanol–water partition coefficient (Wildman–Crippen LogP) is 3.60. The molecule has 1 aromatic rings. The van der Waals surface area contributed by atoms with Crippen molar-refractivity contribution in [1.82, 2.24) is 15.5 Å². The van der Waals surface area contributed by atoms with Gasteiger partial charge in [-0.05, 0) is 68.9 Å². The Bertz CT molecular complexity index is 602. The van der Waals surface area contributed by atoms with Crippen LogP contribution in [-0.4, -0.2) is 57.2 Å². The lowest BCUT2D eigenvalue weighted by molar-refractivity contribution is 0.224. The fourth-order valence-electron chi connectivity index (χ4n) is 3.97. The summed E-state index contributed by atoms with van der Waals surface area (Å²) in [5.74, 6) is 1.97. The van der Waals surface area contributed by atoms with E-state index in [9.17, 15) is 0 Å². The van der Waals surface area contributed by atoms with Crippen molar-refractivity contribution in [2.24, 2.45) is 4.99 Å². The number of benzene rings is 1. The van der Waals surface area contributed by atoms with E-state index in [0.717, 1.165) is 44.2 Å². The Balaban J connectivity index is 0.00000280. The first-order valence-corrected chi connectivity index (χ1v) is 10.8. The summed E-state index contributed by atoms with van der Waals surface area (Å²) >= 11 is 0. The smallest absolute Gasteiger partial charge is 0.190 e. The molecule has 0 spiro atoms. The molecule has 0 amide bonds. The molecule has 2 heterocycles. The first-order valence-electron chi connectivity index (χ1n) is 10.8. The third-order valence-electron chi connectivity index (χ3n) is 5.58. The van der Waals surface area contributed by atoms with Crippen LogP contribution in [0.2, 0.25) is 0 Å². The Morgan fingerprint density at radius 2 is 1.89 bits per heavy atom. The second-order valence-electron chi connectivity index (χ2n) is 7.68. The van der Waals surface area contributed by atoms with Crippen molar-refractivity contribution >= 4 is 29.9 Å². The maximum absolute atomic E-state index is 5.57. The van der Waals surface area contributed by atoms with Gasteiger partial charge >= 0.3 is 0 Å². The van der Waals surface area contributed by atoms with Crippen molar-refractivity contribution in [2.75, 3.05) is 46.4 Å². The number of halogens is 1. The topological polar surface area (TPSA) is 48.9 Å². The average Bonchev–Trinajstić information content (AvgIpc) is 3.18. The van der Waals surface area contributed by atoms with Gasteiger partial charge in [-0.25, -0.2) is 0 Å². The van der Waals surface area contributed by atoms with E-state index in [1.165, 1.54) is 69.3 Å². The summed E-state index contributed by atoms with van der Waals surface area (Å²) in [6.45, 7) is 6.62. The Morgan fingerprint density at radius 1 is 1.07 bits per heavy atom. The molecule has 1 saturated heterocycles. The number of hydrogen-bond acceptors (Lipinski definition) is 3. The third kappa shape index (κ3) is 7.78. The van der Waals surface area contributed by atoms with Crippen molar-refractivity contribution in [3.63, 3.8) is 0 Å². The van der Waals surface area contributed by atoms with E-state index >= 15 is 0 Å². The van der Waals surface area contributed by atoms with Crippen LogP contribution in [0.25, 0.3) is 0 Å². The van der Waals surface area contributed by atoms with E-state index in [0.29, 0.717) is 0 Å². The summed E-state index contributed by atoms with van der Waals surface area (Å²) in [6, 6.07) is 6.56. The normalized spacial score (nSPS) is 16.8. The molecule has 6 heteroatoms. The number of piperidine rings is 1. The fourth-order valence-corrected chi connectivity index (χ4v) is 3.97. The van der Waals surface area contributed by atoms with Crippen molar-refractivity contribution in [3.05, 3.63) is 29.3 Å². The zero-order valence-corrected chi connectivity index (χ0v) is 19.7. The number of likely N-dealkylation sites (tertiary alicyclic amines) is 1. The first-order chi connectivity index (χ1) is 13.3. The van der Waals surface area contributed by atoms with Crippen LogP contribution in [0, 0.1) is 0 Å². The second kappa shape index (κ2) is 13.2. The van der Waals surface area contributed by atoms with E-state index in [4.69, 9.17) is 4.74 Å². The Kier molecular flexibility index (Phi) is 11.0. The summed E-state index contributed by atoms with van der Waals surface area (Å²) in [5, 5.41) is 6.87.